The summed E-state index contributed by atoms with van der Waals surface area (Å²) in [7, 11) is 0. The molecule has 0 amide bonds. The van der Waals surface area contributed by atoms with Crippen molar-refractivity contribution in [3.8, 4) is 0 Å². The summed E-state index contributed by atoms with van der Waals surface area (Å²) >= 11 is 5.06. The van der Waals surface area contributed by atoms with E-state index in [4.69, 9.17) is 12.2 Å². The van der Waals surface area contributed by atoms with Gasteiger partial charge in [-0.3, -0.25) is 0 Å². The van der Waals surface area contributed by atoms with Crippen LogP contribution < -0.4 is 0 Å². The minimum atomic E-state index is 0.495. The number of aromatic nitrogens is 1. The molecule has 1 nitrogen and oxygen atoms in total. The van der Waals surface area contributed by atoms with E-state index in [0.29, 0.717) is 5.92 Å². The first kappa shape index (κ1) is 8.45. The van der Waals surface area contributed by atoms with Crippen molar-refractivity contribution in [2.75, 3.05) is 0 Å². The molecule has 1 aliphatic rings. The Labute approximate surface area is 82.8 Å². The lowest BCUT2D eigenvalue weighted by molar-refractivity contribution is 0.953. The van der Waals surface area contributed by atoms with Crippen molar-refractivity contribution < 1.29 is 0 Å². The highest BCUT2D eigenvalue weighted by Gasteiger charge is 2.01. The molecular weight excluding hydrogens is 178 g/mol. The van der Waals surface area contributed by atoms with Crippen LogP contribution in [0.3, 0.4) is 0 Å². The highest BCUT2D eigenvalue weighted by atomic mass is 32.1. The molecule has 1 N–H and O–H groups in total. The second-order valence-corrected chi connectivity index (χ2v) is 3.71. The maximum atomic E-state index is 5.06. The molecule has 0 aliphatic heterocycles. The maximum absolute atomic E-state index is 5.06. The van der Waals surface area contributed by atoms with Crippen LogP contribution in [0.5, 0.6) is 0 Å². The molecular formula is C11H11NS. The van der Waals surface area contributed by atoms with E-state index in [1.807, 2.05) is 12.1 Å². The molecule has 1 atom stereocenters. The van der Waals surface area contributed by atoms with Crippen molar-refractivity contribution in [2.24, 2.45) is 5.92 Å². The number of allylic oxidation sites excluding steroid dienone is 2. The van der Waals surface area contributed by atoms with E-state index >= 15 is 0 Å². The predicted molar refractivity (Wildman–Crippen MR) is 58.9 cm³/mol. The zero-order valence-electron chi connectivity index (χ0n) is 7.45. The third kappa shape index (κ3) is 1.78. The van der Waals surface area contributed by atoms with Gasteiger partial charge in [0.1, 0.15) is 4.64 Å². The molecule has 2 rings (SSSR count). The summed E-state index contributed by atoms with van der Waals surface area (Å²) in [5, 5.41) is 0. The van der Waals surface area contributed by atoms with Gasteiger partial charge >= 0.3 is 0 Å². The van der Waals surface area contributed by atoms with Crippen LogP contribution in [0.2, 0.25) is 0 Å². The van der Waals surface area contributed by atoms with E-state index in [1.54, 1.807) is 0 Å². The van der Waals surface area contributed by atoms with Gasteiger partial charge in [-0.25, -0.2) is 0 Å². The number of pyridine rings is 1. The SMILES string of the molecule is CC1C=Cc2ccc(=S)[nH]c2C=C1. The molecule has 1 aromatic heterocycles. The van der Waals surface area contributed by atoms with Crippen LogP contribution in [0.25, 0.3) is 12.2 Å². The second-order valence-electron chi connectivity index (χ2n) is 3.27. The number of H-pyrrole nitrogens is 1. The molecule has 0 fully saturated rings. The van der Waals surface area contributed by atoms with E-state index in [0.717, 1.165) is 10.3 Å². The smallest absolute Gasteiger partial charge is 0.103 e. The maximum Gasteiger partial charge on any atom is 0.103 e. The third-order valence-electron chi connectivity index (χ3n) is 2.13. The summed E-state index contributed by atoms with van der Waals surface area (Å²) in [4.78, 5) is 3.17. The Bertz CT molecular complexity index is 426. The van der Waals surface area contributed by atoms with Crippen molar-refractivity contribution >= 4 is 24.4 Å². The number of rotatable bonds is 0. The Kier molecular flexibility index (Phi) is 2.15. The van der Waals surface area contributed by atoms with Crippen LogP contribution in [-0.4, -0.2) is 4.98 Å². The van der Waals surface area contributed by atoms with Gasteiger partial charge in [0, 0.05) is 5.69 Å². The molecule has 1 unspecified atom stereocenters. The molecule has 1 heterocycles. The van der Waals surface area contributed by atoms with Crippen molar-refractivity contribution in [3.63, 3.8) is 0 Å². The standard InChI is InChI=1S/C11H11NS/c1-8-2-4-9-5-7-11(13)12-10(9)6-3-8/h2-8H,1H3,(H,12,13). The van der Waals surface area contributed by atoms with Gasteiger partial charge in [-0.2, -0.15) is 0 Å². The largest absolute Gasteiger partial charge is 0.346 e. The average molecular weight is 189 g/mol. The molecule has 0 radical (unpaired) electrons. The minimum absolute atomic E-state index is 0.495. The lowest BCUT2D eigenvalue weighted by atomic mass is 10.1. The van der Waals surface area contributed by atoms with Crippen LogP contribution >= 0.6 is 12.2 Å². The van der Waals surface area contributed by atoms with E-state index in [9.17, 15) is 0 Å². The van der Waals surface area contributed by atoms with Crippen LogP contribution in [-0.2, 0) is 0 Å². The lowest BCUT2D eigenvalue weighted by Gasteiger charge is -1.98. The summed E-state index contributed by atoms with van der Waals surface area (Å²) < 4.78 is 0.784. The molecule has 0 aromatic carbocycles. The molecule has 66 valence electrons. The molecule has 0 bridgehead atoms. The van der Waals surface area contributed by atoms with Gasteiger partial charge < -0.3 is 4.98 Å². The predicted octanol–water partition coefficient (Wildman–Crippen LogP) is 3.42. The summed E-state index contributed by atoms with van der Waals surface area (Å²) in [6, 6.07) is 3.97. The summed E-state index contributed by atoms with van der Waals surface area (Å²) in [5.41, 5.74) is 2.31. The number of hydrogen-bond acceptors (Lipinski definition) is 1. The number of aromatic amines is 1. The normalized spacial score (nSPS) is 19.6. The van der Waals surface area contributed by atoms with E-state index < -0.39 is 0 Å². The topological polar surface area (TPSA) is 15.8 Å². The lowest BCUT2D eigenvalue weighted by Crippen LogP contribution is -1.85. The van der Waals surface area contributed by atoms with Crippen molar-refractivity contribution in [2.45, 2.75) is 6.92 Å². The first-order chi connectivity index (χ1) is 6.25. The van der Waals surface area contributed by atoms with Gasteiger partial charge in [-0.1, -0.05) is 37.4 Å². The van der Waals surface area contributed by atoms with Crippen LogP contribution in [0.15, 0.2) is 24.3 Å². The van der Waals surface area contributed by atoms with Gasteiger partial charge in [0.05, 0.1) is 0 Å². The van der Waals surface area contributed by atoms with Gasteiger partial charge in [0.2, 0.25) is 0 Å². The number of hydrogen-bond donors (Lipinski definition) is 1. The monoisotopic (exact) mass is 189 g/mol. The van der Waals surface area contributed by atoms with Crippen LogP contribution in [0.1, 0.15) is 18.2 Å². The summed E-state index contributed by atoms with van der Waals surface area (Å²) in [6.45, 7) is 2.16. The Morgan fingerprint density at radius 2 is 2.00 bits per heavy atom. The van der Waals surface area contributed by atoms with Crippen LogP contribution in [0, 0.1) is 10.6 Å². The minimum Gasteiger partial charge on any atom is -0.346 e. The number of nitrogens with one attached hydrogen (secondary N) is 1. The van der Waals surface area contributed by atoms with Crippen molar-refractivity contribution in [1.82, 2.24) is 4.98 Å². The number of fused-ring (bicyclic) bond motifs is 1. The fourth-order valence-corrected chi connectivity index (χ4v) is 1.53. The van der Waals surface area contributed by atoms with Gasteiger partial charge in [-0.05, 0) is 29.7 Å². The highest BCUT2D eigenvalue weighted by molar-refractivity contribution is 7.71. The quantitative estimate of drug-likeness (QED) is 0.618. The molecule has 0 spiro atoms. The Morgan fingerprint density at radius 1 is 1.23 bits per heavy atom. The van der Waals surface area contributed by atoms with E-state index in [2.05, 4.69) is 36.2 Å². The molecule has 0 saturated heterocycles. The zero-order chi connectivity index (χ0) is 9.26. The molecule has 0 saturated carbocycles. The Morgan fingerprint density at radius 3 is 2.85 bits per heavy atom. The molecule has 1 aromatic rings. The molecule has 1 aliphatic carbocycles. The van der Waals surface area contributed by atoms with Gasteiger partial charge in [0.15, 0.2) is 0 Å². The molecule has 13 heavy (non-hydrogen) atoms. The van der Waals surface area contributed by atoms with Crippen LogP contribution in [0.4, 0.5) is 0 Å². The second kappa shape index (κ2) is 3.30. The van der Waals surface area contributed by atoms with E-state index in [1.165, 1.54) is 5.56 Å². The fourth-order valence-electron chi connectivity index (χ4n) is 1.35. The average Bonchev–Trinajstić information content (AvgIpc) is 2.29. The third-order valence-corrected chi connectivity index (χ3v) is 2.37. The zero-order valence-corrected chi connectivity index (χ0v) is 8.27. The molecule has 2 heteroatoms. The summed E-state index contributed by atoms with van der Waals surface area (Å²) in [5.74, 6) is 0.495. The van der Waals surface area contributed by atoms with Gasteiger partial charge in [0.25, 0.3) is 0 Å². The Balaban J connectivity index is 2.59. The highest BCUT2D eigenvalue weighted by Crippen LogP contribution is 2.17. The van der Waals surface area contributed by atoms with Gasteiger partial charge in [-0.15, -0.1) is 0 Å². The first-order valence-electron chi connectivity index (χ1n) is 4.35. The summed E-state index contributed by atoms with van der Waals surface area (Å²) in [6.07, 6.45) is 8.56. The van der Waals surface area contributed by atoms with E-state index in [-0.39, 0.29) is 0 Å². The Hall–Kier alpha value is -1.15. The fraction of sp³-hybridized carbons (Fsp3) is 0.182. The van der Waals surface area contributed by atoms with Crippen molar-refractivity contribution in [3.05, 3.63) is 40.2 Å². The van der Waals surface area contributed by atoms with Crippen molar-refractivity contribution in [1.29, 1.82) is 0 Å². The first-order valence-corrected chi connectivity index (χ1v) is 4.76.